The molecule has 0 spiro atoms. The minimum Gasteiger partial charge on any atom is -0.329 e. The second-order valence-corrected chi connectivity index (χ2v) is 5.77. The van der Waals surface area contributed by atoms with E-state index in [1.807, 2.05) is 24.3 Å². The maximum Gasteiger partial charge on any atom is 0.348 e. The fraction of sp³-hybridized carbons (Fsp3) is 0.357. The van der Waals surface area contributed by atoms with Crippen LogP contribution >= 0.6 is 15.9 Å². The average Bonchev–Trinajstić information content (AvgIpc) is 2.43. The maximum absolute atomic E-state index is 12.1. The number of halogens is 1. The van der Waals surface area contributed by atoms with Gasteiger partial charge in [-0.2, -0.15) is 5.10 Å². The van der Waals surface area contributed by atoms with Crippen molar-refractivity contribution in [2.75, 3.05) is 28.2 Å². The number of hydrogen-bond donors (Lipinski definition) is 0. The van der Waals surface area contributed by atoms with Gasteiger partial charge in [0.25, 0.3) is 0 Å². The van der Waals surface area contributed by atoms with Crippen molar-refractivity contribution in [3.8, 4) is 0 Å². The van der Waals surface area contributed by atoms with Crippen LogP contribution < -0.4 is 0 Å². The second kappa shape index (κ2) is 7.21. The van der Waals surface area contributed by atoms with Crippen LogP contribution in [0.2, 0.25) is 0 Å². The van der Waals surface area contributed by atoms with Gasteiger partial charge in [-0.25, -0.2) is 9.59 Å². The van der Waals surface area contributed by atoms with Gasteiger partial charge in [-0.3, -0.25) is 0 Å². The monoisotopic (exact) mass is 354 g/mol. The lowest BCUT2D eigenvalue weighted by atomic mass is 10.1. The van der Waals surface area contributed by atoms with Crippen molar-refractivity contribution in [3.63, 3.8) is 0 Å². The molecule has 6 nitrogen and oxygen atoms in total. The molecule has 4 amide bonds. The van der Waals surface area contributed by atoms with Crippen molar-refractivity contribution in [1.29, 1.82) is 0 Å². The van der Waals surface area contributed by atoms with Crippen molar-refractivity contribution in [2.45, 2.75) is 6.92 Å². The summed E-state index contributed by atoms with van der Waals surface area (Å²) in [6.45, 7) is 1.75. The molecule has 0 fully saturated rings. The number of rotatable bonds is 2. The molecule has 0 radical (unpaired) electrons. The second-order valence-electron chi connectivity index (χ2n) is 4.86. The van der Waals surface area contributed by atoms with Crippen LogP contribution in [0.3, 0.4) is 0 Å². The van der Waals surface area contributed by atoms with Gasteiger partial charge in [0.05, 0.1) is 5.71 Å². The summed E-state index contributed by atoms with van der Waals surface area (Å²) in [6, 6.07) is 6.48. The molecule has 0 aromatic heterocycles. The maximum atomic E-state index is 12.1. The molecule has 114 valence electrons. The lowest BCUT2D eigenvalue weighted by Gasteiger charge is -2.23. The number of amides is 4. The zero-order chi connectivity index (χ0) is 16.2. The molecule has 0 aliphatic carbocycles. The molecule has 0 bridgehead atoms. The molecular weight excluding hydrogens is 336 g/mol. The molecule has 1 aromatic rings. The van der Waals surface area contributed by atoms with Crippen LogP contribution in [-0.2, 0) is 0 Å². The van der Waals surface area contributed by atoms with Crippen LogP contribution in [0.15, 0.2) is 33.8 Å². The van der Waals surface area contributed by atoms with Crippen molar-refractivity contribution in [2.24, 2.45) is 5.10 Å². The lowest BCUT2D eigenvalue weighted by molar-refractivity contribution is 0.155. The van der Waals surface area contributed by atoms with Gasteiger partial charge in [0.1, 0.15) is 0 Å². The topological polar surface area (TPSA) is 56.2 Å². The lowest BCUT2D eigenvalue weighted by Crippen LogP contribution is -2.45. The SMILES string of the molecule is C/C(=N\N(C(=O)N(C)C)C(=O)N(C)C)c1ccc(Br)cc1. The Morgan fingerprint density at radius 3 is 1.76 bits per heavy atom. The number of urea groups is 2. The molecule has 7 heteroatoms. The number of carbonyl (C=O) groups excluding carboxylic acids is 2. The first kappa shape index (κ1) is 17.2. The Kier molecular flexibility index (Phi) is 5.90. The van der Waals surface area contributed by atoms with E-state index in [1.54, 1.807) is 35.1 Å². The fourth-order valence-corrected chi connectivity index (χ4v) is 1.71. The van der Waals surface area contributed by atoms with Crippen LogP contribution in [0, 0.1) is 0 Å². The third-order valence-corrected chi connectivity index (χ3v) is 3.17. The Labute approximate surface area is 133 Å². The third kappa shape index (κ3) is 4.56. The van der Waals surface area contributed by atoms with Gasteiger partial charge in [-0.1, -0.05) is 28.1 Å². The molecule has 0 atom stereocenters. The quantitative estimate of drug-likeness (QED) is 0.605. The van der Waals surface area contributed by atoms with E-state index in [0.717, 1.165) is 15.0 Å². The van der Waals surface area contributed by atoms with E-state index < -0.39 is 12.1 Å². The Bertz CT molecular complexity index is 533. The molecular formula is C14H19BrN4O2. The Morgan fingerprint density at radius 1 is 0.952 bits per heavy atom. The number of benzene rings is 1. The van der Waals surface area contributed by atoms with Crippen LogP contribution in [-0.4, -0.2) is 60.8 Å². The first-order valence-electron chi connectivity index (χ1n) is 6.28. The average molecular weight is 355 g/mol. The van der Waals surface area contributed by atoms with Gasteiger partial charge in [0.15, 0.2) is 0 Å². The zero-order valence-electron chi connectivity index (χ0n) is 12.8. The van der Waals surface area contributed by atoms with Gasteiger partial charge in [-0.15, -0.1) is 5.01 Å². The van der Waals surface area contributed by atoms with Crippen molar-refractivity contribution in [1.82, 2.24) is 14.8 Å². The predicted octanol–water partition coefficient (Wildman–Crippen LogP) is 2.84. The first-order valence-corrected chi connectivity index (χ1v) is 7.07. The molecule has 21 heavy (non-hydrogen) atoms. The summed E-state index contributed by atoms with van der Waals surface area (Å²) in [7, 11) is 6.29. The Morgan fingerprint density at radius 2 is 1.38 bits per heavy atom. The van der Waals surface area contributed by atoms with Crippen molar-refractivity contribution >= 4 is 33.7 Å². The van der Waals surface area contributed by atoms with E-state index in [4.69, 9.17) is 0 Å². The van der Waals surface area contributed by atoms with Gasteiger partial charge in [0, 0.05) is 32.7 Å². The predicted molar refractivity (Wildman–Crippen MR) is 86.4 cm³/mol. The number of hydrazone groups is 1. The molecule has 0 saturated carbocycles. The number of carbonyl (C=O) groups is 2. The van der Waals surface area contributed by atoms with E-state index in [-0.39, 0.29) is 0 Å². The molecule has 0 aliphatic rings. The van der Waals surface area contributed by atoms with E-state index in [2.05, 4.69) is 21.0 Å². The number of nitrogens with zero attached hydrogens (tertiary/aromatic N) is 4. The highest BCUT2D eigenvalue weighted by atomic mass is 79.9. The fourth-order valence-electron chi connectivity index (χ4n) is 1.45. The normalized spacial score (nSPS) is 11.0. The Hall–Kier alpha value is -1.89. The van der Waals surface area contributed by atoms with E-state index in [9.17, 15) is 9.59 Å². The van der Waals surface area contributed by atoms with Crippen LogP contribution in [0.1, 0.15) is 12.5 Å². The van der Waals surface area contributed by atoms with Gasteiger partial charge in [-0.05, 0) is 24.6 Å². The minimum atomic E-state index is -0.495. The summed E-state index contributed by atoms with van der Waals surface area (Å²) in [4.78, 5) is 26.8. The van der Waals surface area contributed by atoms with Crippen LogP contribution in [0.5, 0.6) is 0 Å². The van der Waals surface area contributed by atoms with Crippen molar-refractivity contribution < 1.29 is 9.59 Å². The summed E-state index contributed by atoms with van der Waals surface area (Å²) < 4.78 is 0.949. The van der Waals surface area contributed by atoms with E-state index in [0.29, 0.717) is 5.71 Å². The van der Waals surface area contributed by atoms with Crippen LogP contribution in [0.25, 0.3) is 0 Å². The molecule has 0 N–H and O–H groups in total. The highest BCUT2D eigenvalue weighted by Gasteiger charge is 2.24. The van der Waals surface area contributed by atoms with Gasteiger partial charge < -0.3 is 9.80 Å². The molecule has 0 heterocycles. The largest absolute Gasteiger partial charge is 0.348 e. The summed E-state index contributed by atoms with van der Waals surface area (Å²) in [5, 5.41) is 5.03. The minimum absolute atomic E-state index is 0.495. The molecule has 0 saturated heterocycles. The summed E-state index contributed by atoms with van der Waals surface area (Å²) in [6.07, 6.45) is 0. The first-order chi connectivity index (χ1) is 9.73. The molecule has 1 rings (SSSR count). The highest BCUT2D eigenvalue weighted by Crippen LogP contribution is 2.12. The van der Waals surface area contributed by atoms with Gasteiger partial charge >= 0.3 is 12.1 Å². The summed E-state index contributed by atoms with van der Waals surface area (Å²) >= 11 is 3.36. The smallest absolute Gasteiger partial charge is 0.329 e. The molecule has 0 unspecified atom stereocenters. The van der Waals surface area contributed by atoms with Crippen molar-refractivity contribution in [3.05, 3.63) is 34.3 Å². The Balaban J connectivity index is 3.14. The summed E-state index contributed by atoms with van der Waals surface area (Å²) in [5.41, 5.74) is 1.41. The molecule has 0 aliphatic heterocycles. The summed E-state index contributed by atoms with van der Waals surface area (Å²) in [5.74, 6) is 0. The van der Waals surface area contributed by atoms with Gasteiger partial charge in [0.2, 0.25) is 0 Å². The molecule has 1 aromatic carbocycles. The third-order valence-electron chi connectivity index (χ3n) is 2.64. The highest BCUT2D eigenvalue weighted by molar-refractivity contribution is 9.10. The number of imide groups is 1. The van der Waals surface area contributed by atoms with E-state index >= 15 is 0 Å². The zero-order valence-corrected chi connectivity index (χ0v) is 14.4. The number of hydrogen-bond acceptors (Lipinski definition) is 3. The standard InChI is InChI=1S/C14H19BrN4O2/c1-10(11-6-8-12(15)9-7-11)16-19(13(20)17(2)3)14(21)18(4)5/h6-9H,1-5H3/b16-10+. The van der Waals surface area contributed by atoms with E-state index in [1.165, 1.54) is 9.80 Å². The van der Waals surface area contributed by atoms with Crippen LogP contribution in [0.4, 0.5) is 9.59 Å².